The number of aliphatic carboxylic acids is 1. The summed E-state index contributed by atoms with van der Waals surface area (Å²) in [6.45, 7) is 13.5. The fourth-order valence-electron chi connectivity index (χ4n) is 6.21. The Morgan fingerprint density at radius 1 is 1.02 bits per heavy atom. The van der Waals surface area contributed by atoms with E-state index in [0.717, 1.165) is 76.6 Å². The first-order valence-electron chi connectivity index (χ1n) is 16.4. The molecule has 0 aromatic heterocycles. The third kappa shape index (κ3) is 10.9. The van der Waals surface area contributed by atoms with E-state index in [1.807, 2.05) is 30.3 Å². The lowest BCUT2D eigenvalue weighted by molar-refractivity contribution is -0.196. The summed E-state index contributed by atoms with van der Waals surface area (Å²) in [5.41, 5.74) is 0. The van der Waals surface area contributed by atoms with Gasteiger partial charge in [0.25, 0.3) is 0 Å². The predicted octanol–water partition coefficient (Wildman–Crippen LogP) is 7.96. The van der Waals surface area contributed by atoms with E-state index in [-0.39, 0.29) is 41.5 Å². The molecule has 240 valence electrons. The summed E-state index contributed by atoms with van der Waals surface area (Å²) in [7, 11) is -2.16. The van der Waals surface area contributed by atoms with E-state index in [2.05, 4.69) is 40.8 Å². The first-order valence-corrected chi connectivity index (χ1v) is 19.4. The maximum atomic E-state index is 11.9. The molecular formula is C34H58O7Si. The van der Waals surface area contributed by atoms with Gasteiger partial charge in [-0.25, -0.2) is 4.79 Å². The fourth-order valence-corrected chi connectivity index (χ4v) is 7.49. The van der Waals surface area contributed by atoms with E-state index in [1.54, 1.807) is 0 Å². The molecule has 8 heteroatoms. The molecule has 2 N–H and O–H groups in total. The van der Waals surface area contributed by atoms with Crippen molar-refractivity contribution in [3.8, 4) is 5.75 Å². The zero-order chi connectivity index (χ0) is 30.8. The molecule has 0 spiro atoms. The van der Waals surface area contributed by atoms with Crippen molar-refractivity contribution in [1.29, 1.82) is 0 Å². The molecule has 7 atom stereocenters. The average Bonchev–Trinajstić information content (AvgIpc) is 3.21. The summed E-state index contributed by atoms with van der Waals surface area (Å²) in [5.74, 6) is 0.502. The van der Waals surface area contributed by atoms with E-state index in [9.17, 15) is 15.0 Å². The summed E-state index contributed by atoms with van der Waals surface area (Å²) in [6, 6.07) is 9.96. The fraction of sp³-hybridized carbons (Fsp3) is 0.794. The van der Waals surface area contributed by atoms with Gasteiger partial charge in [-0.15, -0.1) is 0 Å². The van der Waals surface area contributed by atoms with Crippen LogP contribution in [-0.4, -0.2) is 61.8 Å². The van der Waals surface area contributed by atoms with Gasteiger partial charge >= 0.3 is 5.97 Å². The predicted molar refractivity (Wildman–Crippen MR) is 169 cm³/mol. The van der Waals surface area contributed by atoms with Crippen molar-refractivity contribution in [2.75, 3.05) is 6.61 Å². The molecule has 42 heavy (non-hydrogen) atoms. The molecule has 3 rings (SSSR count). The minimum atomic E-state index is -2.16. The number of benzene rings is 1. The van der Waals surface area contributed by atoms with Gasteiger partial charge in [0.15, 0.2) is 14.6 Å². The summed E-state index contributed by atoms with van der Waals surface area (Å²) in [6.07, 6.45) is 9.74. The minimum Gasteiger partial charge on any atom is -0.491 e. The highest BCUT2D eigenvalue weighted by Crippen LogP contribution is 2.42. The molecule has 0 amide bonds. The molecule has 0 bridgehead atoms. The molecule has 0 radical (unpaired) electrons. The van der Waals surface area contributed by atoms with Gasteiger partial charge in [0.05, 0.1) is 18.3 Å². The van der Waals surface area contributed by atoms with Crippen molar-refractivity contribution in [2.45, 2.75) is 154 Å². The van der Waals surface area contributed by atoms with E-state index >= 15 is 0 Å². The second-order valence-electron chi connectivity index (χ2n) is 14.1. The first kappa shape index (κ1) is 35.0. The van der Waals surface area contributed by atoms with Crippen LogP contribution in [0.2, 0.25) is 18.1 Å². The van der Waals surface area contributed by atoms with Gasteiger partial charge in [0.2, 0.25) is 0 Å². The molecule has 2 aliphatic rings. The molecule has 1 aliphatic heterocycles. The van der Waals surface area contributed by atoms with Gasteiger partial charge in [-0.1, -0.05) is 58.2 Å². The van der Waals surface area contributed by atoms with Crippen molar-refractivity contribution in [2.24, 2.45) is 11.8 Å². The summed E-state index contributed by atoms with van der Waals surface area (Å²) < 4.78 is 24.7. The van der Waals surface area contributed by atoms with Crippen molar-refractivity contribution in [1.82, 2.24) is 0 Å². The molecular weight excluding hydrogens is 548 g/mol. The van der Waals surface area contributed by atoms with Crippen LogP contribution in [0, 0.1) is 11.8 Å². The largest absolute Gasteiger partial charge is 0.491 e. The van der Waals surface area contributed by atoms with E-state index in [4.69, 9.17) is 18.6 Å². The lowest BCUT2D eigenvalue weighted by Gasteiger charge is -2.38. The number of para-hydroxylation sites is 1. The van der Waals surface area contributed by atoms with Crippen LogP contribution < -0.4 is 4.74 Å². The van der Waals surface area contributed by atoms with Crippen LogP contribution >= 0.6 is 0 Å². The number of rotatable bonds is 17. The van der Waals surface area contributed by atoms with Gasteiger partial charge in [0, 0.05) is 13.0 Å². The SMILES string of the molecule is CC(CCC[C@H]1C(OC2CCCCO2)C[C@H](O)[C@@H]1CCCCCC(O[Si](C)(C)C(C)(C)C)C(=O)O)Oc1ccccc1. The quantitative estimate of drug-likeness (QED) is 0.137. The highest BCUT2D eigenvalue weighted by Gasteiger charge is 2.44. The zero-order valence-corrected chi connectivity index (χ0v) is 28.1. The Kier molecular flexibility index (Phi) is 13.8. The number of hydrogen-bond acceptors (Lipinski definition) is 6. The normalized spacial score (nSPS) is 26.6. The van der Waals surface area contributed by atoms with Crippen LogP contribution in [0.15, 0.2) is 30.3 Å². The second kappa shape index (κ2) is 16.6. The standard InChI is InChI=1S/C34H58O7Si/c1-25(39-26-17-9-7-10-18-26)16-15-20-28-27(29(35)24-31(28)40-32-22-13-14-23-38-32)19-11-8-12-21-30(33(36)37)41-42(5,6)34(2,3)4/h7,9-10,17-18,25,27-32,35H,8,11-16,19-24H2,1-6H3,(H,36,37)/t25?,27-,28-,29+,30?,31?,32?/m1/s1. The topological polar surface area (TPSA) is 94.5 Å². The molecule has 1 heterocycles. The molecule has 1 aromatic carbocycles. The summed E-state index contributed by atoms with van der Waals surface area (Å²) >= 11 is 0. The van der Waals surface area contributed by atoms with Crippen LogP contribution in [0.1, 0.15) is 105 Å². The second-order valence-corrected chi connectivity index (χ2v) is 18.9. The van der Waals surface area contributed by atoms with Crippen molar-refractivity contribution < 1.29 is 33.6 Å². The Labute approximate surface area is 255 Å². The maximum absolute atomic E-state index is 11.9. The molecule has 1 saturated carbocycles. The van der Waals surface area contributed by atoms with E-state index in [1.165, 1.54) is 0 Å². The van der Waals surface area contributed by atoms with Gasteiger partial charge in [0.1, 0.15) is 11.9 Å². The van der Waals surface area contributed by atoms with E-state index in [0.29, 0.717) is 12.8 Å². The van der Waals surface area contributed by atoms with Crippen molar-refractivity contribution in [3.63, 3.8) is 0 Å². The van der Waals surface area contributed by atoms with Gasteiger partial charge in [-0.05, 0) is 100 Å². The number of aliphatic hydroxyl groups excluding tert-OH is 1. The molecule has 1 aliphatic carbocycles. The van der Waals surface area contributed by atoms with E-state index < -0.39 is 20.4 Å². The Balaban J connectivity index is 1.51. The van der Waals surface area contributed by atoms with Crippen LogP contribution in [0.5, 0.6) is 5.75 Å². The number of hydrogen-bond donors (Lipinski definition) is 2. The first-order chi connectivity index (χ1) is 19.9. The molecule has 4 unspecified atom stereocenters. The molecule has 7 nitrogen and oxygen atoms in total. The lowest BCUT2D eigenvalue weighted by Crippen LogP contribution is -2.46. The number of aliphatic hydroxyl groups is 1. The third-order valence-electron chi connectivity index (χ3n) is 9.71. The number of carboxylic acids is 1. The van der Waals surface area contributed by atoms with Crippen LogP contribution in [0.25, 0.3) is 0 Å². The third-order valence-corrected chi connectivity index (χ3v) is 14.2. The molecule has 1 saturated heterocycles. The minimum absolute atomic E-state index is 0.00725. The maximum Gasteiger partial charge on any atom is 0.331 e. The van der Waals surface area contributed by atoms with Crippen molar-refractivity contribution in [3.05, 3.63) is 30.3 Å². The summed E-state index contributed by atoms with van der Waals surface area (Å²) in [4.78, 5) is 11.9. The number of carbonyl (C=O) groups is 1. The van der Waals surface area contributed by atoms with Gasteiger partial charge in [-0.2, -0.15) is 0 Å². The van der Waals surface area contributed by atoms with Gasteiger partial charge < -0.3 is 28.8 Å². The molecule has 2 fully saturated rings. The smallest absolute Gasteiger partial charge is 0.331 e. The van der Waals surface area contributed by atoms with Crippen molar-refractivity contribution >= 4 is 14.3 Å². The Bertz CT molecular complexity index is 912. The Morgan fingerprint density at radius 3 is 2.38 bits per heavy atom. The number of unbranched alkanes of at least 4 members (excludes halogenated alkanes) is 2. The van der Waals surface area contributed by atoms with Crippen LogP contribution in [0.3, 0.4) is 0 Å². The molecule has 1 aromatic rings. The lowest BCUT2D eigenvalue weighted by atomic mass is 9.84. The monoisotopic (exact) mass is 606 g/mol. The highest BCUT2D eigenvalue weighted by atomic mass is 28.4. The van der Waals surface area contributed by atoms with Crippen LogP contribution in [0.4, 0.5) is 0 Å². The average molecular weight is 607 g/mol. The van der Waals surface area contributed by atoms with Gasteiger partial charge in [-0.3, -0.25) is 0 Å². The highest BCUT2D eigenvalue weighted by molar-refractivity contribution is 6.74. The Morgan fingerprint density at radius 2 is 1.74 bits per heavy atom. The Hall–Kier alpha value is -1.45. The summed E-state index contributed by atoms with van der Waals surface area (Å²) in [5, 5.41) is 20.9. The zero-order valence-electron chi connectivity index (χ0n) is 27.1. The number of ether oxygens (including phenoxy) is 3. The number of carboxylic acid groups (broad SMARTS) is 1. The van der Waals surface area contributed by atoms with Crippen LogP contribution in [-0.2, 0) is 18.7 Å².